The molecule has 2 N–H and O–H groups in total. The van der Waals surface area contributed by atoms with Gasteiger partial charge in [0.05, 0.1) is 0 Å². The first kappa shape index (κ1) is 11.9. The summed E-state index contributed by atoms with van der Waals surface area (Å²) in [6.07, 6.45) is 3.57. The van der Waals surface area contributed by atoms with Crippen LogP contribution in [-0.4, -0.2) is 10.9 Å². The third-order valence-corrected chi connectivity index (χ3v) is 3.69. The lowest BCUT2D eigenvalue weighted by molar-refractivity contribution is -0.110. The molecule has 3 nitrogen and oxygen atoms in total. The molecular formula is C17H11FN2O. The van der Waals surface area contributed by atoms with Crippen LogP contribution in [0.5, 0.6) is 0 Å². The molecule has 1 amide bonds. The quantitative estimate of drug-likeness (QED) is 0.653. The number of aromatic amines is 1. The molecule has 0 saturated heterocycles. The van der Waals surface area contributed by atoms with E-state index in [2.05, 4.69) is 10.3 Å². The largest absolute Gasteiger partial charge is 0.361 e. The highest BCUT2D eigenvalue weighted by Gasteiger charge is 2.23. The number of hydrogen-bond acceptors (Lipinski definition) is 1. The van der Waals surface area contributed by atoms with Crippen molar-refractivity contribution in [2.24, 2.45) is 0 Å². The number of amides is 1. The zero-order valence-corrected chi connectivity index (χ0v) is 11.0. The van der Waals surface area contributed by atoms with Crippen molar-refractivity contribution in [1.29, 1.82) is 0 Å². The number of H-pyrrole nitrogens is 1. The molecule has 0 spiro atoms. The van der Waals surface area contributed by atoms with Crippen LogP contribution in [0.4, 0.5) is 10.1 Å². The van der Waals surface area contributed by atoms with E-state index in [-0.39, 0.29) is 11.7 Å². The monoisotopic (exact) mass is 278 g/mol. The van der Waals surface area contributed by atoms with Crippen molar-refractivity contribution in [2.75, 3.05) is 5.32 Å². The van der Waals surface area contributed by atoms with E-state index in [1.54, 1.807) is 18.3 Å². The van der Waals surface area contributed by atoms with Crippen LogP contribution in [-0.2, 0) is 4.79 Å². The number of anilines is 1. The molecule has 3 aromatic rings. The van der Waals surface area contributed by atoms with Gasteiger partial charge in [-0.3, -0.25) is 4.79 Å². The number of carbonyl (C=O) groups excluding carboxylic acids is 1. The van der Waals surface area contributed by atoms with Gasteiger partial charge in [-0.1, -0.05) is 18.2 Å². The van der Waals surface area contributed by atoms with Crippen molar-refractivity contribution in [2.45, 2.75) is 0 Å². The standard InChI is InChI=1S/C17H11FN2O/c18-11-5-6-15-13(8-11)10(9-19-15)7-14-12-3-1-2-4-16(12)20-17(14)21/h1-9,19H,(H,20,21). The minimum absolute atomic E-state index is 0.137. The molecule has 0 radical (unpaired) electrons. The van der Waals surface area contributed by atoms with Gasteiger partial charge >= 0.3 is 0 Å². The third kappa shape index (κ3) is 1.84. The first-order chi connectivity index (χ1) is 10.2. The third-order valence-electron chi connectivity index (χ3n) is 3.69. The van der Waals surface area contributed by atoms with Gasteiger partial charge in [0, 0.05) is 39.5 Å². The lowest BCUT2D eigenvalue weighted by atomic mass is 10.0. The molecule has 4 heteroatoms. The summed E-state index contributed by atoms with van der Waals surface area (Å²) in [5.74, 6) is -0.431. The summed E-state index contributed by atoms with van der Waals surface area (Å²) in [6, 6.07) is 12.1. The molecule has 102 valence electrons. The van der Waals surface area contributed by atoms with Gasteiger partial charge in [0.15, 0.2) is 0 Å². The van der Waals surface area contributed by atoms with Crippen LogP contribution in [0.3, 0.4) is 0 Å². The molecule has 0 saturated carbocycles. The average Bonchev–Trinajstić information content (AvgIpc) is 3.01. The summed E-state index contributed by atoms with van der Waals surface area (Å²) >= 11 is 0. The maximum absolute atomic E-state index is 13.4. The van der Waals surface area contributed by atoms with Crippen molar-refractivity contribution < 1.29 is 9.18 Å². The van der Waals surface area contributed by atoms with E-state index in [0.717, 1.165) is 27.7 Å². The fourth-order valence-electron chi connectivity index (χ4n) is 2.67. The van der Waals surface area contributed by atoms with Crippen molar-refractivity contribution in [3.63, 3.8) is 0 Å². The first-order valence-electron chi connectivity index (χ1n) is 6.61. The summed E-state index contributed by atoms with van der Waals surface area (Å²) in [5.41, 5.74) is 3.91. The van der Waals surface area contributed by atoms with Crippen LogP contribution >= 0.6 is 0 Å². The van der Waals surface area contributed by atoms with Crippen LogP contribution in [0.15, 0.2) is 48.7 Å². The zero-order chi connectivity index (χ0) is 14.4. The molecule has 2 heterocycles. The Hall–Kier alpha value is -2.88. The van der Waals surface area contributed by atoms with Gasteiger partial charge in [0.25, 0.3) is 5.91 Å². The maximum Gasteiger partial charge on any atom is 0.256 e. The van der Waals surface area contributed by atoms with E-state index in [1.807, 2.05) is 24.3 Å². The van der Waals surface area contributed by atoms with Gasteiger partial charge in [-0.05, 0) is 30.3 Å². The molecule has 0 atom stereocenters. The second-order valence-corrected chi connectivity index (χ2v) is 4.99. The molecule has 0 fully saturated rings. The normalized spacial score (nSPS) is 15.5. The second-order valence-electron chi connectivity index (χ2n) is 4.99. The molecule has 2 aromatic carbocycles. The number of aromatic nitrogens is 1. The Balaban J connectivity index is 1.91. The Bertz CT molecular complexity index is 908. The minimum Gasteiger partial charge on any atom is -0.361 e. The van der Waals surface area contributed by atoms with Gasteiger partial charge in [-0.15, -0.1) is 0 Å². The van der Waals surface area contributed by atoms with E-state index in [9.17, 15) is 9.18 Å². The molecule has 1 aliphatic rings. The summed E-state index contributed by atoms with van der Waals surface area (Å²) < 4.78 is 13.4. The molecule has 0 unspecified atom stereocenters. The molecule has 1 aliphatic heterocycles. The topological polar surface area (TPSA) is 44.9 Å². The predicted molar refractivity (Wildman–Crippen MR) is 81.2 cm³/mol. The number of hydrogen-bond donors (Lipinski definition) is 2. The average molecular weight is 278 g/mol. The minimum atomic E-state index is -0.293. The van der Waals surface area contributed by atoms with Crippen molar-refractivity contribution in [3.8, 4) is 0 Å². The highest BCUT2D eigenvalue weighted by atomic mass is 19.1. The van der Waals surface area contributed by atoms with Crippen molar-refractivity contribution in [1.82, 2.24) is 4.98 Å². The second kappa shape index (κ2) is 4.31. The summed E-state index contributed by atoms with van der Waals surface area (Å²) in [5, 5.41) is 3.59. The van der Waals surface area contributed by atoms with Crippen LogP contribution in [0.1, 0.15) is 11.1 Å². The first-order valence-corrected chi connectivity index (χ1v) is 6.61. The van der Waals surface area contributed by atoms with Crippen LogP contribution < -0.4 is 5.32 Å². The number of fused-ring (bicyclic) bond motifs is 2. The highest BCUT2D eigenvalue weighted by Crippen LogP contribution is 2.33. The number of nitrogens with one attached hydrogen (secondary N) is 2. The van der Waals surface area contributed by atoms with E-state index >= 15 is 0 Å². The highest BCUT2D eigenvalue weighted by molar-refractivity contribution is 6.35. The molecule has 0 bridgehead atoms. The van der Waals surface area contributed by atoms with Crippen molar-refractivity contribution in [3.05, 3.63) is 65.6 Å². The SMILES string of the molecule is O=C1Nc2ccccc2C1=Cc1c[nH]c2ccc(F)cc12. The number of carbonyl (C=O) groups is 1. The Kier molecular flexibility index (Phi) is 2.44. The van der Waals surface area contributed by atoms with E-state index in [1.165, 1.54) is 12.1 Å². The Morgan fingerprint density at radius 2 is 1.95 bits per heavy atom. The smallest absolute Gasteiger partial charge is 0.256 e. The van der Waals surface area contributed by atoms with Gasteiger partial charge in [-0.25, -0.2) is 4.39 Å². The molecular weight excluding hydrogens is 267 g/mol. The summed E-state index contributed by atoms with van der Waals surface area (Å²) in [4.78, 5) is 15.2. The van der Waals surface area contributed by atoms with E-state index in [4.69, 9.17) is 0 Å². The van der Waals surface area contributed by atoms with Gasteiger partial charge in [0.2, 0.25) is 0 Å². The fraction of sp³-hybridized carbons (Fsp3) is 0. The summed E-state index contributed by atoms with van der Waals surface area (Å²) in [6.45, 7) is 0. The van der Waals surface area contributed by atoms with E-state index < -0.39 is 0 Å². The summed E-state index contributed by atoms with van der Waals surface area (Å²) in [7, 11) is 0. The molecule has 0 aliphatic carbocycles. The lowest BCUT2D eigenvalue weighted by Crippen LogP contribution is -2.03. The number of rotatable bonds is 1. The van der Waals surface area contributed by atoms with Gasteiger partial charge in [-0.2, -0.15) is 0 Å². The Morgan fingerprint density at radius 1 is 1.10 bits per heavy atom. The van der Waals surface area contributed by atoms with Crippen molar-refractivity contribution >= 4 is 34.1 Å². The zero-order valence-electron chi connectivity index (χ0n) is 11.0. The maximum atomic E-state index is 13.4. The Labute approximate surface area is 120 Å². The number of halogens is 1. The van der Waals surface area contributed by atoms with Gasteiger partial charge < -0.3 is 10.3 Å². The van der Waals surface area contributed by atoms with Crippen LogP contribution in [0.25, 0.3) is 22.6 Å². The lowest BCUT2D eigenvalue weighted by Gasteiger charge is -1.97. The fourth-order valence-corrected chi connectivity index (χ4v) is 2.67. The van der Waals surface area contributed by atoms with Gasteiger partial charge in [0.1, 0.15) is 5.82 Å². The predicted octanol–water partition coefficient (Wildman–Crippen LogP) is 3.80. The molecule has 1 aromatic heterocycles. The van der Waals surface area contributed by atoms with Crippen LogP contribution in [0.2, 0.25) is 0 Å². The van der Waals surface area contributed by atoms with Crippen LogP contribution in [0, 0.1) is 5.82 Å². The number of para-hydroxylation sites is 1. The van der Waals surface area contributed by atoms with E-state index in [0.29, 0.717) is 5.57 Å². The number of benzene rings is 2. The molecule has 4 rings (SSSR count). The molecule has 21 heavy (non-hydrogen) atoms. The Morgan fingerprint density at radius 3 is 2.86 bits per heavy atom.